The zero-order chi connectivity index (χ0) is 15.9. The highest BCUT2D eigenvalue weighted by Crippen LogP contribution is 2.19. The Balaban J connectivity index is 3.05. The molecule has 1 aromatic carbocycles. The van der Waals surface area contributed by atoms with Gasteiger partial charge in [-0.3, -0.25) is 0 Å². The molecule has 21 heavy (non-hydrogen) atoms. The van der Waals surface area contributed by atoms with Crippen molar-refractivity contribution in [3.8, 4) is 0 Å². The number of benzene rings is 1. The van der Waals surface area contributed by atoms with Gasteiger partial charge in [-0.25, -0.2) is 8.42 Å². The minimum atomic E-state index is -3.49. The van der Waals surface area contributed by atoms with Crippen molar-refractivity contribution in [2.45, 2.75) is 38.3 Å². The fourth-order valence-electron chi connectivity index (χ4n) is 2.26. The molecule has 1 rings (SSSR count). The summed E-state index contributed by atoms with van der Waals surface area (Å²) < 4.78 is 32.1. The van der Waals surface area contributed by atoms with E-state index in [9.17, 15) is 8.42 Å². The minimum absolute atomic E-state index is 0.192. The van der Waals surface area contributed by atoms with Gasteiger partial charge in [-0.1, -0.05) is 26.0 Å². The topological polar surface area (TPSA) is 58.6 Å². The first-order valence-electron chi connectivity index (χ1n) is 7.27. The molecule has 0 aliphatic heterocycles. The third-order valence-corrected chi connectivity index (χ3v) is 5.38. The van der Waals surface area contributed by atoms with E-state index < -0.39 is 10.0 Å². The normalized spacial score (nSPS) is 13.6. The third-order valence-electron chi connectivity index (χ3n) is 3.30. The Hall–Kier alpha value is -0.950. The summed E-state index contributed by atoms with van der Waals surface area (Å²) >= 11 is 0. The Morgan fingerprint density at radius 3 is 2.62 bits per heavy atom. The number of hydrogen-bond acceptors (Lipinski definition) is 4. The summed E-state index contributed by atoms with van der Waals surface area (Å²) in [5.41, 5.74) is 0.966. The lowest BCUT2D eigenvalue weighted by molar-refractivity contribution is 0.142. The van der Waals surface area contributed by atoms with E-state index in [4.69, 9.17) is 4.74 Å². The van der Waals surface area contributed by atoms with Gasteiger partial charge in [-0.2, -0.15) is 4.31 Å². The highest BCUT2D eigenvalue weighted by molar-refractivity contribution is 7.89. The summed E-state index contributed by atoms with van der Waals surface area (Å²) in [6, 6.07) is 6.90. The van der Waals surface area contributed by atoms with Crippen LogP contribution in [0.1, 0.15) is 26.3 Å². The Kier molecular flexibility index (Phi) is 7.31. The molecule has 120 valence electrons. The number of methoxy groups -OCH3 is 1. The number of hydrogen-bond donors (Lipinski definition) is 1. The molecule has 0 aromatic heterocycles. The smallest absolute Gasteiger partial charge is 0.243 e. The third kappa shape index (κ3) is 4.78. The first-order chi connectivity index (χ1) is 9.97. The van der Waals surface area contributed by atoms with E-state index >= 15 is 0 Å². The molecule has 0 heterocycles. The fraction of sp³-hybridized carbons (Fsp3) is 0.600. The molecule has 6 heteroatoms. The second kappa shape index (κ2) is 8.48. The van der Waals surface area contributed by atoms with Gasteiger partial charge in [0, 0.05) is 26.2 Å². The largest absolute Gasteiger partial charge is 0.383 e. The Labute approximate surface area is 128 Å². The maximum Gasteiger partial charge on any atom is 0.243 e. The molecular weight excluding hydrogens is 288 g/mol. The molecule has 5 nitrogen and oxygen atoms in total. The number of sulfonamides is 1. The van der Waals surface area contributed by atoms with Gasteiger partial charge in [-0.15, -0.1) is 0 Å². The first kappa shape index (κ1) is 18.1. The number of nitrogens with one attached hydrogen (secondary N) is 1. The van der Waals surface area contributed by atoms with E-state index in [1.54, 1.807) is 25.3 Å². The van der Waals surface area contributed by atoms with Gasteiger partial charge in [0.2, 0.25) is 10.0 Å². The molecular formula is C15H26N2O3S. The van der Waals surface area contributed by atoms with Crippen molar-refractivity contribution < 1.29 is 13.2 Å². The van der Waals surface area contributed by atoms with Crippen LogP contribution >= 0.6 is 0 Å². The zero-order valence-electron chi connectivity index (χ0n) is 13.3. The van der Waals surface area contributed by atoms with E-state index in [1.165, 1.54) is 4.31 Å². The van der Waals surface area contributed by atoms with Crippen LogP contribution in [0, 0.1) is 0 Å². The molecule has 1 N–H and O–H groups in total. The maximum atomic E-state index is 12.8. The van der Waals surface area contributed by atoms with E-state index in [0.717, 1.165) is 12.1 Å². The zero-order valence-corrected chi connectivity index (χ0v) is 14.1. The van der Waals surface area contributed by atoms with Gasteiger partial charge in [0.05, 0.1) is 11.5 Å². The molecule has 0 saturated heterocycles. The van der Waals surface area contributed by atoms with Crippen LogP contribution in [-0.2, 0) is 21.3 Å². The molecule has 0 aliphatic carbocycles. The molecule has 0 fully saturated rings. The molecule has 0 amide bonds. The van der Waals surface area contributed by atoms with Crippen molar-refractivity contribution in [3.63, 3.8) is 0 Å². The van der Waals surface area contributed by atoms with Crippen LogP contribution in [0.25, 0.3) is 0 Å². The summed E-state index contributed by atoms with van der Waals surface area (Å²) in [5.74, 6) is 0. The van der Waals surface area contributed by atoms with Crippen LogP contribution in [0.4, 0.5) is 0 Å². The van der Waals surface area contributed by atoms with Gasteiger partial charge in [0.1, 0.15) is 0 Å². The van der Waals surface area contributed by atoms with Crippen molar-refractivity contribution in [3.05, 3.63) is 29.8 Å². The summed E-state index contributed by atoms with van der Waals surface area (Å²) in [7, 11) is -1.92. The molecule has 0 aliphatic rings. The van der Waals surface area contributed by atoms with Gasteiger partial charge in [-0.05, 0) is 31.2 Å². The van der Waals surface area contributed by atoms with Crippen LogP contribution < -0.4 is 5.32 Å². The van der Waals surface area contributed by atoms with Crippen LogP contribution in [-0.4, -0.2) is 45.6 Å². The standard InChI is InChI=1S/C15H26N2O3S/c1-5-16-11-14-8-7-9-15(10-14)21(18,19)17(6-2)13(3)12-20-4/h7-10,13,16H,5-6,11-12H2,1-4H3. The van der Waals surface area contributed by atoms with Crippen molar-refractivity contribution >= 4 is 10.0 Å². The quantitative estimate of drug-likeness (QED) is 0.755. The average molecular weight is 314 g/mol. The second-order valence-electron chi connectivity index (χ2n) is 4.94. The molecule has 0 saturated carbocycles. The number of ether oxygens (including phenoxy) is 1. The lowest BCUT2D eigenvalue weighted by Gasteiger charge is -2.26. The Bertz CT molecular complexity index is 531. The maximum absolute atomic E-state index is 12.8. The van der Waals surface area contributed by atoms with Crippen molar-refractivity contribution in [1.29, 1.82) is 0 Å². The first-order valence-corrected chi connectivity index (χ1v) is 8.71. The summed E-state index contributed by atoms with van der Waals surface area (Å²) in [4.78, 5) is 0.336. The van der Waals surface area contributed by atoms with E-state index in [1.807, 2.05) is 26.8 Å². The van der Waals surface area contributed by atoms with Crippen LogP contribution in [0.3, 0.4) is 0 Å². The molecule has 0 bridgehead atoms. The minimum Gasteiger partial charge on any atom is -0.383 e. The lowest BCUT2D eigenvalue weighted by Crippen LogP contribution is -2.40. The predicted molar refractivity (Wildman–Crippen MR) is 84.7 cm³/mol. The van der Waals surface area contributed by atoms with Gasteiger partial charge in [0.25, 0.3) is 0 Å². The predicted octanol–water partition coefficient (Wildman–Crippen LogP) is 1.84. The Morgan fingerprint density at radius 2 is 2.05 bits per heavy atom. The van der Waals surface area contributed by atoms with Gasteiger partial charge >= 0.3 is 0 Å². The van der Waals surface area contributed by atoms with Crippen molar-refractivity contribution in [2.24, 2.45) is 0 Å². The van der Waals surface area contributed by atoms with Crippen LogP contribution in [0.5, 0.6) is 0 Å². The van der Waals surface area contributed by atoms with Crippen LogP contribution in [0.2, 0.25) is 0 Å². The molecule has 1 unspecified atom stereocenters. The number of nitrogens with zero attached hydrogens (tertiary/aromatic N) is 1. The summed E-state index contributed by atoms with van der Waals surface area (Å²) in [6.07, 6.45) is 0. The lowest BCUT2D eigenvalue weighted by atomic mass is 10.2. The van der Waals surface area contributed by atoms with Crippen molar-refractivity contribution in [2.75, 3.05) is 26.8 Å². The fourth-order valence-corrected chi connectivity index (χ4v) is 3.96. The SMILES string of the molecule is CCNCc1cccc(S(=O)(=O)N(CC)C(C)COC)c1. The summed E-state index contributed by atoms with van der Waals surface area (Å²) in [5, 5.41) is 3.20. The van der Waals surface area contributed by atoms with Crippen LogP contribution in [0.15, 0.2) is 29.2 Å². The monoisotopic (exact) mass is 314 g/mol. The molecule has 1 atom stereocenters. The number of likely N-dealkylation sites (N-methyl/N-ethyl adjacent to an activating group) is 1. The number of rotatable bonds is 9. The van der Waals surface area contributed by atoms with E-state index in [2.05, 4.69) is 5.32 Å². The van der Waals surface area contributed by atoms with E-state index in [0.29, 0.717) is 24.6 Å². The second-order valence-corrected chi connectivity index (χ2v) is 6.83. The molecule has 1 aromatic rings. The van der Waals surface area contributed by atoms with Crippen molar-refractivity contribution in [1.82, 2.24) is 9.62 Å². The van der Waals surface area contributed by atoms with Gasteiger partial charge in [0.15, 0.2) is 0 Å². The molecule has 0 radical (unpaired) electrons. The highest BCUT2D eigenvalue weighted by atomic mass is 32.2. The summed E-state index contributed by atoms with van der Waals surface area (Å²) in [6.45, 7) is 8.03. The highest BCUT2D eigenvalue weighted by Gasteiger charge is 2.27. The Morgan fingerprint density at radius 1 is 1.33 bits per heavy atom. The molecule has 0 spiro atoms. The van der Waals surface area contributed by atoms with Gasteiger partial charge < -0.3 is 10.1 Å². The van der Waals surface area contributed by atoms with E-state index in [-0.39, 0.29) is 6.04 Å². The average Bonchev–Trinajstić information content (AvgIpc) is 2.46.